The van der Waals surface area contributed by atoms with Crippen molar-refractivity contribution in [2.45, 2.75) is 18.6 Å². The summed E-state index contributed by atoms with van der Waals surface area (Å²) in [5.41, 5.74) is 1.81. The molecule has 0 unspecified atom stereocenters. The van der Waals surface area contributed by atoms with Crippen LogP contribution in [0.5, 0.6) is 0 Å². The van der Waals surface area contributed by atoms with E-state index >= 15 is 0 Å². The minimum absolute atomic E-state index is 0.0789. The van der Waals surface area contributed by atoms with Crippen LogP contribution in [-0.2, 0) is 9.47 Å². The molecule has 2 aromatic rings. The lowest BCUT2D eigenvalue weighted by atomic mass is 10.0. The molecule has 6 heteroatoms. The maximum absolute atomic E-state index is 12.5. The van der Waals surface area contributed by atoms with Gasteiger partial charge in [-0.3, -0.25) is 4.79 Å². The van der Waals surface area contributed by atoms with Crippen molar-refractivity contribution in [3.63, 3.8) is 0 Å². The number of nitrogens with zero attached hydrogens (tertiary/aromatic N) is 1. The maximum Gasteiger partial charge on any atom is 0.257 e. The number of aromatic nitrogens is 1. The zero-order valence-electron chi connectivity index (χ0n) is 12.3. The van der Waals surface area contributed by atoms with Gasteiger partial charge >= 0.3 is 0 Å². The van der Waals surface area contributed by atoms with Crippen LogP contribution in [0.4, 0.5) is 0 Å². The molecule has 1 aromatic heterocycles. The highest BCUT2D eigenvalue weighted by Gasteiger charge is 2.28. The minimum Gasteiger partial charge on any atom is -0.379 e. The third-order valence-electron chi connectivity index (χ3n) is 3.78. The molecule has 0 aliphatic carbocycles. The standard InChI is InChI=1S/C16H18N2O4/c1-20-14-10-21-8-7-13(14)17-16(19)12-9-22-18-15(12)11-5-3-2-4-6-11/h2-6,9,13-14H,7-8,10H2,1H3,(H,17,19)/t13-,14-/m0/s1. The van der Waals surface area contributed by atoms with Gasteiger partial charge in [-0.05, 0) is 6.42 Å². The molecule has 2 heterocycles. The number of benzene rings is 1. The average molecular weight is 302 g/mol. The number of hydrogen-bond acceptors (Lipinski definition) is 5. The second-order valence-corrected chi connectivity index (χ2v) is 5.16. The maximum atomic E-state index is 12.5. The van der Waals surface area contributed by atoms with Crippen molar-refractivity contribution in [2.24, 2.45) is 0 Å². The number of methoxy groups -OCH3 is 1. The van der Waals surface area contributed by atoms with E-state index in [4.69, 9.17) is 14.0 Å². The molecular formula is C16H18N2O4. The SMILES string of the molecule is CO[C@H]1COCC[C@@H]1NC(=O)c1conc1-c1ccccc1. The van der Waals surface area contributed by atoms with Gasteiger partial charge in [0.1, 0.15) is 23.6 Å². The smallest absolute Gasteiger partial charge is 0.257 e. The fraction of sp³-hybridized carbons (Fsp3) is 0.375. The van der Waals surface area contributed by atoms with Gasteiger partial charge < -0.3 is 19.3 Å². The first-order valence-electron chi connectivity index (χ1n) is 7.21. The summed E-state index contributed by atoms with van der Waals surface area (Å²) in [7, 11) is 1.62. The first kappa shape index (κ1) is 14.7. The number of rotatable bonds is 4. The highest BCUT2D eigenvalue weighted by Crippen LogP contribution is 2.22. The highest BCUT2D eigenvalue weighted by molar-refractivity contribution is 5.99. The summed E-state index contributed by atoms with van der Waals surface area (Å²) in [6.07, 6.45) is 1.95. The summed E-state index contributed by atoms with van der Waals surface area (Å²) < 4.78 is 15.7. The molecule has 0 radical (unpaired) electrons. The van der Waals surface area contributed by atoms with Crippen molar-refractivity contribution in [2.75, 3.05) is 20.3 Å². The number of carbonyl (C=O) groups excluding carboxylic acids is 1. The largest absolute Gasteiger partial charge is 0.379 e. The van der Waals surface area contributed by atoms with Gasteiger partial charge in [0, 0.05) is 19.3 Å². The predicted molar refractivity (Wildman–Crippen MR) is 79.4 cm³/mol. The highest BCUT2D eigenvalue weighted by atomic mass is 16.5. The van der Waals surface area contributed by atoms with Crippen molar-refractivity contribution < 1.29 is 18.8 Å². The van der Waals surface area contributed by atoms with Gasteiger partial charge in [0.25, 0.3) is 5.91 Å². The molecular weight excluding hydrogens is 284 g/mol. The van der Waals surface area contributed by atoms with E-state index < -0.39 is 0 Å². The molecule has 1 aliphatic rings. The van der Waals surface area contributed by atoms with Gasteiger partial charge in [0.2, 0.25) is 0 Å². The second kappa shape index (κ2) is 6.72. The molecule has 1 amide bonds. The summed E-state index contributed by atoms with van der Waals surface area (Å²) in [6.45, 7) is 1.09. The van der Waals surface area contributed by atoms with Crippen molar-refractivity contribution in [1.82, 2.24) is 10.5 Å². The number of nitrogens with one attached hydrogen (secondary N) is 1. The van der Waals surface area contributed by atoms with Crippen molar-refractivity contribution in [3.8, 4) is 11.3 Å². The van der Waals surface area contributed by atoms with E-state index in [1.54, 1.807) is 7.11 Å². The Morgan fingerprint density at radius 3 is 2.95 bits per heavy atom. The van der Waals surface area contributed by atoms with Crippen molar-refractivity contribution >= 4 is 5.91 Å². The lowest BCUT2D eigenvalue weighted by molar-refractivity contribution is -0.0479. The Morgan fingerprint density at radius 1 is 1.36 bits per heavy atom. The van der Waals surface area contributed by atoms with E-state index in [2.05, 4.69) is 10.5 Å². The molecule has 1 saturated heterocycles. The van der Waals surface area contributed by atoms with E-state index in [-0.39, 0.29) is 18.1 Å². The van der Waals surface area contributed by atoms with Crippen LogP contribution in [0.3, 0.4) is 0 Å². The molecule has 1 N–H and O–H groups in total. The first-order chi connectivity index (χ1) is 10.8. The quantitative estimate of drug-likeness (QED) is 0.933. The summed E-state index contributed by atoms with van der Waals surface area (Å²) in [6, 6.07) is 9.40. The van der Waals surface area contributed by atoms with E-state index in [0.717, 1.165) is 12.0 Å². The van der Waals surface area contributed by atoms with Gasteiger partial charge in [-0.25, -0.2) is 0 Å². The Kier molecular flexibility index (Phi) is 4.50. The number of hydrogen-bond donors (Lipinski definition) is 1. The zero-order valence-corrected chi connectivity index (χ0v) is 12.3. The molecule has 0 bridgehead atoms. The number of amides is 1. The molecule has 3 rings (SSSR count). The van der Waals surface area contributed by atoms with Gasteiger partial charge in [-0.15, -0.1) is 0 Å². The fourth-order valence-corrected chi connectivity index (χ4v) is 2.56. The molecule has 1 fully saturated rings. The van der Waals surface area contributed by atoms with Crippen LogP contribution in [0.15, 0.2) is 41.1 Å². The monoisotopic (exact) mass is 302 g/mol. The van der Waals surface area contributed by atoms with Crippen molar-refractivity contribution in [1.29, 1.82) is 0 Å². The second-order valence-electron chi connectivity index (χ2n) is 5.16. The summed E-state index contributed by atoms with van der Waals surface area (Å²) in [5, 5.41) is 6.94. The van der Waals surface area contributed by atoms with Gasteiger partial charge in [-0.2, -0.15) is 0 Å². The van der Waals surface area contributed by atoms with Crippen LogP contribution < -0.4 is 5.32 Å². The van der Waals surface area contributed by atoms with Gasteiger partial charge in [0.15, 0.2) is 0 Å². The van der Waals surface area contributed by atoms with E-state index in [1.165, 1.54) is 6.26 Å². The van der Waals surface area contributed by atoms with Crippen molar-refractivity contribution in [3.05, 3.63) is 42.2 Å². The zero-order chi connectivity index (χ0) is 15.4. The Hall–Kier alpha value is -2.18. The first-order valence-corrected chi connectivity index (χ1v) is 7.21. The van der Waals surface area contributed by atoms with E-state index in [9.17, 15) is 4.79 Å². The Morgan fingerprint density at radius 2 is 2.18 bits per heavy atom. The van der Waals surface area contributed by atoms with Crippen LogP contribution in [0.25, 0.3) is 11.3 Å². The molecule has 0 spiro atoms. The molecule has 0 saturated carbocycles. The lowest BCUT2D eigenvalue weighted by Crippen LogP contribution is -2.49. The van der Waals surface area contributed by atoms with Crippen LogP contribution >= 0.6 is 0 Å². The van der Waals surface area contributed by atoms with Crippen LogP contribution in [0.1, 0.15) is 16.8 Å². The Balaban J connectivity index is 1.77. The normalized spacial score (nSPS) is 21.5. The van der Waals surface area contributed by atoms with Gasteiger partial charge in [-0.1, -0.05) is 35.5 Å². The third kappa shape index (κ3) is 3.03. The predicted octanol–water partition coefficient (Wildman–Crippen LogP) is 1.88. The number of carbonyl (C=O) groups is 1. The van der Waals surface area contributed by atoms with Crippen LogP contribution in [0, 0.1) is 0 Å². The topological polar surface area (TPSA) is 73.6 Å². The fourth-order valence-electron chi connectivity index (χ4n) is 2.56. The molecule has 6 nitrogen and oxygen atoms in total. The third-order valence-corrected chi connectivity index (χ3v) is 3.78. The van der Waals surface area contributed by atoms with E-state index in [1.807, 2.05) is 30.3 Å². The number of ether oxygens (including phenoxy) is 2. The van der Waals surface area contributed by atoms with Gasteiger partial charge in [0.05, 0.1) is 12.6 Å². The lowest BCUT2D eigenvalue weighted by Gasteiger charge is -2.30. The molecule has 1 aliphatic heterocycles. The Bertz CT molecular complexity index is 626. The minimum atomic E-state index is -0.214. The van der Waals surface area contributed by atoms with Crippen LogP contribution in [-0.4, -0.2) is 43.5 Å². The molecule has 1 aromatic carbocycles. The summed E-state index contributed by atoms with van der Waals surface area (Å²) in [5.74, 6) is -0.214. The molecule has 2 atom stereocenters. The van der Waals surface area contributed by atoms with Crippen LogP contribution in [0.2, 0.25) is 0 Å². The summed E-state index contributed by atoms with van der Waals surface area (Å²) in [4.78, 5) is 12.5. The van der Waals surface area contributed by atoms with E-state index in [0.29, 0.717) is 24.5 Å². The molecule has 22 heavy (non-hydrogen) atoms. The summed E-state index contributed by atoms with van der Waals surface area (Å²) >= 11 is 0. The molecule has 116 valence electrons. The Labute approximate surface area is 128 Å². The average Bonchev–Trinajstić information content (AvgIpc) is 3.06.